The third-order valence-corrected chi connectivity index (χ3v) is 3.06. The molecule has 0 fully saturated rings. The van der Waals surface area contributed by atoms with Gasteiger partial charge in [-0.2, -0.15) is 0 Å². The minimum absolute atomic E-state index is 0.0246. The largest absolute Gasteiger partial charge is 0.508 e. The first-order chi connectivity index (χ1) is 8.99. The van der Waals surface area contributed by atoms with Gasteiger partial charge in [0.1, 0.15) is 11.5 Å². The summed E-state index contributed by atoms with van der Waals surface area (Å²) >= 11 is 5.91. The first kappa shape index (κ1) is 13.2. The van der Waals surface area contributed by atoms with Gasteiger partial charge in [-0.1, -0.05) is 17.7 Å². The Hall–Kier alpha value is -2.20. The summed E-state index contributed by atoms with van der Waals surface area (Å²) in [4.78, 5) is 12.1. The number of phenols is 2. The molecule has 19 heavy (non-hydrogen) atoms. The van der Waals surface area contributed by atoms with E-state index in [1.165, 1.54) is 24.3 Å². The van der Waals surface area contributed by atoms with Crippen LogP contribution in [0.15, 0.2) is 36.4 Å². The second kappa shape index (κ2) is 5.20. The molecular formula is C14H12ClNO3. The number of rotatable bonds is 2. The van der Waals surface area contributed by atoms with Gasteiger partial charge < -0.3 is 15.5 Å². The van der Waals surface area contributed by atoms with E-state index in [1.807, 2.05) is 0 Å². The number of benzene rings is 2. The normalized spacial score (nSPS) is 10.2. The van der Waals surface area contributed by atoms with Crippen LogP contribution in [0, 0.1) is 6.92 Å². The van der Waals surface area contributed by atoms with Crippen molar-refractivity contribution in [3.63, 3.8) is 0 Å². The van der Waals surface area contributed by atoms with Gasteiger partial charge in [0.2, 0.25) is 0 Å². The Balaban J connectivity index is 2.28. The number of aromatic hydroxyl groups is 2. The molecule has 4 nitrogen and oxygen atoms in total. The lowest BCUT2D eigenvalue weighted by molar-refractivity contribution is 0.102. The summed E-state index contributed by atoms with van der Waals surface area (Å²) in [6.45, 7) is 1.66. The average Bonchev–Trinajstić information content (AvgIpc) is 2.36. The Bertz CT molecular complexity index is 641. The molecule has 5 heteroatoms. The molecule has 3 N–H and O–H groups in total. The van der Waals surface area contributed by atoms with Gasteiger partial charge >= 0.3 is 0 Å². The fraction of sp³-hybridized carbons (Fsp3) is 0.0714. The number of phenolic OH excluding ortho intramolecular Hbond substituents is 2. The number of anilines is 1. The number of carbonyl (C=O) groups is 1. The Morgan fingerprint density at radius 1 is 1.21 bits per heavy atom. The van der Waals surface area contributed by atoms with Crippen molar-refractivity contribution in [3.8, 4) is 11.5 Å². The van der Waals surface area contributed by atoms with Crippen LogP contribution in [0.1, 0.15) is 15.9 Å². The van der Waals surface area contributed by atoms with Crippen molar-refractivity contribution in [2.45, 2.75) is 6.92 Å². The lowest BCUT2D eigenvalue weighted by Crippen LogP contribution is -2.13. The quantitative estimate of drug-likeness (QED) is 0.738. The molecule has 2 aromatic carbocycles. The van der Waals surface area contributed by atoms with Crippen molar-refractivity contribution in [1.82, 2.24) is 0 Å². The topological polar surface area (TPSA) is 69.6 Å². The van der Waals surface area contributed by atoms with Gasteiger partial charge in [-0.05, 0) is 31.2 Å². The molecule has 0 aliphatic carbocycles. The molecule has 0 bridgehead atoms. The van der Waals surface area contributed by atoms with E-state index in [-0.39, 0.29) is 22.4 Å². The highest BCUT2D eigenvalue weighted by Crippen LogP contribution is 2.27. The van der Waals surface area contributed by atoms with Gasteiger partial charge in [0.25, 0.3) is 5.91 Å². The monoisotopic (exact) mass is 277 g/mol. The van der Waals surface area contributed by atoms with Crippen molar-refractivity contribution in [3.05, 3.63) is 52.5 Å². The molecule has 98 valence electrons. The second-order valence-electron chi connectivity index (χ2n) is 4.07. The van der Waals surface area contributed by atoms with E-state index in [1.54, 1.807) is 19.1 Å². The fourth-order valence-electron chi connectivity index (χ4n) is 1.66. The summed E-state index contributed by atoms with van der Waals surface area (Å²) < 4.78 is 0. The molecular weight excluding hydrogens is 266 g/mol. The zero-order valence-electron chi connectivity index (χ0n) is 10.1. The zero-order valence-corrected chi connectivity index (χ0v) is 10.9. The van der Waals surface area contributed by atoms with Gasteiger partial charge in [-0.15, -0.1) is 0 Å². The Morgan fingerprint density at radius 2 is 1.95 bits per heavy atom. The van der Waals surface area contributed by atoms with Crippen LogP contribution in [-0.2, 0) is 0 Å². The third kappa shape index (κ3) is 2.80. The van der Waals surface area contributed by atoms with Crippen LogP contribution in [0.2, 0.25) is 5.02 Å². The van der Waals surface area contributed by atoms with E-state index in [0.717, 1.165) is 0 Å². The van der Waals surface area contributed by atoms with Crippen LogP contribution >= 0.6 is 11.6 Å². The molecule has 0 atom stereocenters. The van der Waals surface area contributed by atoms with Crippen LogP contribution < -0.4 is 5.32 Å². The molecule has 2 rings (SSSR count). The first-order valence-electron chi connectivity index (χ1n) is 5.57. The molecule has 0 saturated heterocycles. The maximum Gasteiger partial charge on any atom is 0.256 e. The van der Waals surface area contributed by atoms with E-state index in [2.05, 4.69) is 5.32 Å². The Kier molecular flexibility index (Phi) is 3.62. The number of carbonyl (C=O) groups excluding carboxylic acids is 1. The number of amides is 1. The molecule has 0 heterocycles. The standard InChI is InChI=1S/C14H12ClNO3/c1-8-10(3-2-4-13(8)18)14(19)16-12-6-5-9(17)7-11(12)15/h2-7,17-18H,1H3,(H,16,19). The van der Waals surface area contributed by atoms with E-state index in [0.29, 0.717) is 16.8 Å². The summed E-state index contributed by atoms with van der Waals surface area (Å²) in [6, 6.07) is 8.99. The van der Waals surface area contributed by atoms with Crippen molar-refractivity contribution in [1.29, 1.82) is 0 Å². The molecule has 0 aromatic heterocycles. The van der Waals surface area contributed by atoms with Crippen molar-refractivity contribution < 1.29 is 15.0 Å². The van der Waals surface area contributed by atoms with Crippen LogP contribution in [0.5, 0.6) is 11.5 Å². The summed E-state index contributed by atoms with van der Waals surface area (Å²) in [5.74, 6) is -0.290. The van der Waals surface area contributed by atoms with E-state index in [9.17, 15) is 15.0 Å². The molecule has 1 amide bonds. The summed E-state index contributed by atoms with van der Waals surface area (Å²) in [5, 5.41) is 21.7. The van der Waals surface area contributed by atoms with Crippen molar-refractivity contribution in [2.75, 3.05) is 5.32 Å². The lowest BCUT2D eigenvalue weighted by atomic mass is 10.1. The van der Waals surface area contributed by atoms with Crippen LogP contribution in [0.4, 0.5) is 5.69 Å². The number of halogens is 1. The van der Waals surface area contributed by atoms with Gasteiger partial charge in [0, 0.05) is 17.2 Å². The minimum Gasteiger partial charge on any atom is -0.508 e. The Morgan fingerprint density at radius 3 is 2.63 bits per heavy atom. The lowest BCUT2D eigenvalue weighted by Gasteiger charge is -2.10. The number of hydrogen-bond acceptors (Lipinski definition) is 3. The molecule has 0 spiro atoms. The highest BCUT2D eigenvalue weighted by Gasteiger charge is 2.13. The van der Waals surface area contributed by atoms with Crippen LogP contribution in [0.25, 0.3) is 0 Å². The summed E-state index contributed by atoms with van der Waals surface area (Å²) in [7, 11) is 0. The average molecular weight is 278 g/mol. The SMILES string of the molecule is Cc1c(O)cccc1C(=O)Nc1ccc(O)cc1Cl. The first-order valence-corrected chi connectivity index (χ1v) is 5.95. The summed E-state index contributed by atoms with van der Waals surface area (Å²) in [5.41, 5.74) is 1.26. The molecule has 0 saturated carbocycles. The van der Waals surface area contributed by atoms with Crippen LogP contribution in [0.3, 0.4) is 0 Å². The van der Waals surface area contributed by atoms with E-state index < -0.39 is 0 Å². The van der Waals surface area contributed by atoms with Crippen LogP contribution in [-0.4, -0.2) is 16.1 Å². The van der Waals surface area contributed by atoms with Gasteiger partial charge in [-0.25, -0.2) is 0 Å². The van der Waals surface area contributed by atoms with Crippen molar-refractivity contribution >= 4 is 23.2 Å². The maximum atomic E-state index is 12.1. The predicted octanol–water partition coefficient (Wildman–Crippen LogP) is 3.31. The molecule has 2 aromatic rings. The molecule has 0 aliphatic heterocycles. The fourth-order valence-corrected chi connectivity index (χ4v) is 1.89. The zero-order chi connectivity index (χ0) is 14.0. The maximum absolute atomic E-state index is 12.1. The smallest absolute Gasteiger partial charge is 0.256 e. The molecule has 0 radical (unpaired) electrons. The number of hydrogen-bond donors (Lipinski definition) is 3. The Labute approximate surface area is 115 Å². The van der Waals surface area contributed by atoms with E-state index >= 15 is 0 Å². The molecule has 0 unspecified atom stereocenters. The van der Waals surface area contributed by atoms with Gasteiger partial charge in [0.05, 0.1) is 10.7 Å². The minimum atomic E-state index is -0.374. The third-order valence-electron chi connectivity index (χ3n) is 2.75. The highest BCUT2D eigenvalue weighted by molar-refractivity contribution is 6.34. The van der Waals surface area contributed by atoms with Gasteiger partial charge in [-0.3, -0.25) is 4.79 Å². The summed E-state index contributed by atoms with van der Waals surface area (Å²) in [6.07, 6.45) is 0. The van der Waals surface area contributed by atoms with Crippen molar-refractivity contribution in [2.24, 2.45) is 0 Å². The molecule has 0 aliphatic rings. The predicted molar refractivity (Wildman–Crippen MR) is 73.9 cm³/mol. The van der Waals surface area contributed by atoms with E-state index in [4.69, 9.17) is 11.6 Å². The second-order valence-corrected chi connectivity index (χ2v) is 4.48. The number of nitrogens with one attached hydrogen (secondary N) is 1. The van der Waals surface area contributed by atoms with Gasteiger partial charge in [0.15, 0.2) is 0 Å². The highest BCUT2D eigenvalue weighted by atomic mass is 35.5.